The Morgan fingerprint density at radius 1 is 1.33 bits per heavy atom. The molecule has 0 radical (unpaired) electrons. The molecule has 1 aromatic rings. The molecule has 2 saturated heterocycles. The number of morpholine rings is 1. The fourth-order valence-corrected chi connectivity index (χ4v) is 3.48. The van der Waals surface area contributed by atoms with Crippen molar-refractivity contribution in [1.82, 2.24) is 9.80 Å². The highest BCUT2D eigenvalue weighted by Crippen LogP contribution is 2.21. The van der Waals surface area contributed by atoms with Gasteiger partial charge in [-0.2, -0.15) is 0 Å². The van der Waals surface area contributed by atoms with Gasteiger partial charge in [0.2, 0.25) is 0 Å². The number of hydrogen-bond acceptors (Lipinski definition) is 3. The van der Waals surface area contributed by atoms with Gasteiger partial charge >= 0.3 is 6.03 Å². The highest BCUT2D eigenvalue weighted by molar-refractivity contribution is 5.89. The van der Waals surface area contributed by atoms with E-state index in [4.69, 9.17) is 4.74 Å². The summed E-state index contributed by atoms with van der Waals surface area (Å²) in [5.74, 6) is -0.262. The summed E-state index contributed by atoms with van der Waals surface area (Å²) < 4.78 is 19.3. The maximum Gasteiger partial charge on any atom is 0.322 e. The highest BCUT2D eigenvalue weighted by Gasteiger charge is 2.30. The number of ether oxygens (including phenoxy) is 1. The van der Waals surface area contributed by atoms with Gasteiger partial charge in [0.25, 0.3) is 0 Å². The fraction of sp³-hybridized carbons (Fsp3) is 0.611. The molecule has 2 fully saturated rings. The topological polar surface area (TPSA) is 44.8 Å². The van der Waals surface area contributed by atoms with Crippen LogP contribution in [0.3, 0.4) is 0 Å². The molecule has 2 heterocycles. The largest absolute Gasteiger partial charge is 0.379 e. The lowest BCUT2D eigenvalue weighted by molar-refractivity contribution is 0.0296. The van der Waals surface area contributed by atoms with E-state index in [1.807, 2.05) is 11.8 Å². The van der Waals surface area contributed by atoms with Gasteiger partial charge in [-0.1, -0.05) is 13.0 Å². The molecule has 2 aliphatic rings. The third kappa shape index (κ3) is 4.05. The first-order valence-corrected chi connectivity index (χ1v) is 8.83. The number of anilines is 1. The minimum atomic E-state index is -0.262. The predicted octanol–water partition coefficient (Wildman–Crippen LogP) is 2.72. The Kier molecular flexibility index (Phi) is 5.68. The van der Waals surface area contributed by atoms with Crippen molar-refractivity contribution >= 4 is 11.7 Å². The molecule has 0 spiro atoms. The van der Waals surface area contributed by atoms with E-state index in [2.05, 4.69) is 10.2 Å². The van der Waals surface area contributed by atoms with E-state index in [0.717, 1.165) is 52.2 Å². The van der Waals surface area contributed by atoms with E-state index >= 15 is 0 Å². The third-order valence-electron chi connectivity index (χ3n) is 4.90. The van der Waals surface area contributed by atoms with Crippen LogP contribution in [0, 0.1) is 5.82 Å². The molecular formula is C18H26FN3O2. The Labute approximate surface area is 142 Å². The second-order valence-corrected chi connectivity index (χ2v) is 6.49. The fourth-order valence-electron chi connectivity index (χ4n) is 3.48. The number of rotatable bonds is 4. The first-order valence-electron chi connectivity index (χ1n) is 8.83. The van der Waals surface area contributed by atoms with E-state index in [1.54, 1.807) is 12.1 Å². The van der Waals surface area contributed by atoms with Gasteiger partial charge in [0.05, 0.1) is 13.2 Å². The third-order valence-corrected chi connectivity index (χ3v) is 4.90. The van der Waals surface area contributed by atoms with Crippen molar-refractivity contribution < 1.29 is 13.9 Å². The summed E-state index contributed by atoms with van der Waals surface area (Å²) >= 11 is 0. The maximum absolute atomic E-state index is 13.9. The number of amides is 2. The van der Waals surface area contributed by atoms with Gasteiger partial charge in [0.1, 0.15) is 5.82 Å². The van der Waals surface area contributed by atoms with Crippen molar-refractivity contribution in [3.8, 4) is 0 Å². The minimum Gasteiger partial charge on any atom is -0.379 e. The SMILES string of the molecule is CCc1ccc(NC(=O)N2CCC[C@H]2CN2CCOCC2)cc1F. The summed E-state index contributed by atoms with van der Waals surface area (Å²) in [4.78, 5) is 16.8. The zero-order valence-corrected chi connectivity index (χ0v) is 14.3. The molecular weight excluding hydrogens is 309 g/mol. The maximum atomic E-state index is 13.9. The molecule has 6 heteroatoms. The molecule has 3 rings (SSSR count). The molecule has 2 aliphatic heterocycles. The van der Waals surface area contributed by atoms with Crippen LogP contribution in [0.25, 0.3) is 0 Å². The Morgan fingerprint density at radius 2 is 2.12 bits per heavy atom. The number of halogens is 1. The van der Waals surface area contributed by atoms with Crippen molar-refractivity contribution in [1.29, 1.82) is 0 Å². The van der Waals surface area contributed by atoms with Gasteiger partial charge in [-0.25, -0.2) is 9.18 Å². The van der Waals surface area contributed by atoms with Gasteiger partial charge in [-0.3, -0.25) is 4.90 Å². The first-order chi connectivity index (χ1) is 11.7. The lowest BCUT2D eigenvalue weighted by Crippen LogP contribution is -2.47. The molecule has 5 nitrogen and oxygen atoms in total. The monoisotopic (exact) mass is 335 g/mol. The van der Waals surface area contributed by atoms with Crippen LogP contribution in [-0.4, -0.2) is 61.3 Å². The van der Waals surface area contributed by atoms with Crippen molar-refractivity contribution in [3.63, 3.8) is 0 Å². The number of nitrogens with zero attached hydrogens (tertiary/aromatic N) is 2. The molecule has 0 bridgehead atoms. The number of likely N-dealkylation sites (tertiary alicyclic amines) is 1. The van der Waals surface area contributed by atoms with E-state index in [0.29, 0.717) is 17.7 Å². The number of hydrogen-bond donors (Lipinski definition) is 1. The second kappa shape index (κ2) is 7.94. The molecule has 132 valence electrons. The molecule has 1 aromatic carbocycles. The van der Waals surface area contributed by atoms with Crippen LogP contribution in [-0.2, 0) is 11.2 Å². The summed E-state index contributed by atoms with van der Waals surface area (Å²) in [5, 5.41) is 2.85. The average molecular weight is 335 g/mol. The molecule has 0 saturated carbocycles. The van der Waals surface area contributed by atoms with Crippen LogP contribution in [0.4, 0.5) is 14.9 Å². The Bertz CT molecular complexity index is 575. The number of carbonyl (C=O) groups is 1. The van der Waals surface area contributed by atoms with Crippen molar-refractivity contribution in [2.24, 2.45) is 0 Å². The van der Waals surface area contributed by atoms with E-state index in [1.165, 1.54) is 6.07 Å². The summed E-state index contributed by atoms with van der Waals surface area (Å²) in [6, 6.07) is 5.01. The number of aryl methyl sites for hydroxylation is 1. The average Bonchev–Trinajstić information content (AvgIpc) is 3.04. The van der Waals surface area contributed by atoms with Crippen LogP contribution in [0.2, 0.25) is 0 Å². The van der Waals surface area contributed by atoms with Crippen LogP contribution in [0.15, 0.2) is 18.2 Å². The van der Waals surface area contributed by atoms with Crippen molar-refractivity contribution in [2.45, 2.75) is 32.2 Å². The number of carbonyl (C=O) groups excluding carboxylic acids is 1. The number of urea groups is 1. The lowest BCUT2D eigenvalue weighted by Gasteiger charge is -2.32. The quantitative estimate of drug-likeness (QED) is 0.920. The van der Waals surface area contributed by atoms with Crippen molar-refractivity contribution in [3.05, 3.63) is 29.6 Å². The van der Waals surface area contributed by atoms with Gasteiger partial charge in [-0.05, 0) is 37.0 Å². The zero-order chi connectivity index (χ0) is 16.9. The summed E-state index contributed by atoms with van der Waals surface area (Å²) in [5.41, 5.74) is 1.19. The molecule has 1 atom stereocenters. The van der Waals surface area contributed by atoms with Crippen LogP contribution >= 0.6 is 0 Å². The number of nitrogens with one attached hydrogen (secondary N) is 1. The first kappa shape index (κ1) is 17.2. The standard InChI is InChI=1S/C18H26FN3O2/c1-2-14-5-6-15(12-17(14)19)20-18(23)22-7-3-4-16(22)13-21-8-10-24-11-9-21/h5-6,12,16H,2-4,7-11,13H2,1H3,(H,20,23)/t16-/m0/s1. The zero-order valence-electron chi connectivity index (χ0n) is 14.3. The van der Waals surface area contributed by atoms with E-state index < -0.39 is 0 Å². The lowest BCUT2D eigenvalue weighted by atomic mass is 10.1. The highest BCUT2D eigenvalue weighted by atomic mass is 19.1. The molecule has 1 N–H and O–H groups in total. The Morgan fingerprint density at radius 3 is 2.83 bits per heavy atom. The Hall–Kier alpha value is -1.66. The van der Waals surface area contributed by atoms with Gasteiger partial charge in [-0.15, -0.1) is 0 Å². The predicted molar refractivity (Wildman–Crippen MR) is 91.8 cm³/mol. The van der Waals surface area contributed by atoms with Crippen LogP contribution in [0.1, 0.15) is 25.3 Å². The second-order valence-electron chi connectivity index (χ2n) is 6.49. The molecule has 0 unspecified atom stereocenters. The molecule has 0 aromatic heterocycles. The van der Waals surface area contributed by atoms with Crippen LogP contribution < -0.4 is 5.32 Å². The molecule has 2 amide bonds. The van der Waals surface area contributed by atoms with E-state index in [9.17, 15) is 9.18 Å². The van der Waals surface area contributed by atoms with Gasteiger partial charge < -0.3 is 15.0 Å². The minimum absolute atomic E-state index is 0.130. The smallest absolute Gasteiger partial charge is 0.322 e. The van der Waals surface area contributed by atoms with Gasteiger partial charge in [0, 0.05) is 37.9 Å². The number of benzene rings is 1. The summed E-state index contributed by atoms with van der Waals surface area (Å²) in [6.45, 7) is 6.95. The molecule has 24 heavy (non-hydrogen) atoms. The summed E-state index contributed by atoms with van der Waals surface area (Å²) in [7, 11) is 0. The van der Waals surface area contributed by atoms with E-state index in [-0.39, 0.29) is 17.9 Å². The Balaban J connectivity index is 1.59. The normalized spacial score (nSPS) is 21.9. The molecule has 0 aliphatic carbocycles. The van der Waals surface area contributed by atoms with Gasteiger partial charge in [0.15, 0.2) is 0 Å². The van der Waals surface area contributed by atoms with Crippen molar-refractivity contribution in [2.75, 3.05) is 44.7 Å². The summed E-state index contributed by atoms with van der Waals surface area (Å²) in [6.07, 6.45) is 2.69. The van der Waals surface area contributed by atoms with Crippen LogP contribution in [0.5, 0.6) is 0 Å².